The summed E-state index contributed by atoms with van der Waals surface area (Å²) in [6.45, 7) is 0. The lowest BCUT2D eigenvalue weighted by Crippen LogP contribution is -1.99. The standard InChI is InChI=1S/C38H22O/c1-3-10-27-23(7-1)15-16-26-21-25-9-5-12-29(35(25)22-34(26)27)30-19-20-36-37-31(30)13-6-14-32(37)33-18-17-24-8-2-4-11-28(24)38(33)39-36/h1-22H. The molecule has 180 valence electrons. The summed E-state index contributed by atoms with van der Waals surface area (Å²) in [6, 6.07) is 48.4. The quantitative estimate of drug-likeness (QED) is 0.163. The molecule has 0 amide bonds. The van der Waals surface area contributed by atoms with E-state index in [9.17, 15) is 0 Å². The highest BCUT2D eigenvalue weighted by atomic mass is 16.5. The molecule has 0 saturated heterocycles. The fraction of sp³-hybridized carbons (Fsp3) is 0. The van der Waals surface area contributed by atoms with Crippen LogP contribution < -0.4 is 4.74 Å². The first-order valence-electron chi connectivity index (χ1n) is 13.4. The molecule has 8 aromatic carbocycles. The molecule has 0 fully saturated rings. The molecular weight excluding hydrogens is 472 g/mol. The van der Waals surface area contributed by atoms with Crippen LogP contribution >= 0.6 is 0 Å². The third kappa shape index (κ3) is 2.90. The third-order valence-corrected chi connectivity index (χ3v) is 8.42. The van der Waals surface area contributed by atoms with Crippen LogP contribution in [0.5, 0.6) is 11.5 Å². The molecule has 0 unspecified atom stereocenters. The van der Waals surface area contributed by atoms with Crippen molar-refractivity contribution >= 4 is 53.9 Å². The SMILES string of the molecule is c1cc(-c2ccc3c4c(cccc24)-c2ccc4ccccc4c2O3)c2cc3c(ccc4ccccc43)cc2c1. The summed E-state index contributed by atoms with van der Waals surface area (Å²) in [5, 5.41) is 12.4. The number of hydrogen-bond donors (Lipinski definition) is 0. The van der Waals surface area contributed by atoms with Gasteiger partial charge in [-0.15, -0.1) is 0 Å². The highest BCUT2D eigenvalue weighted by Crippen LogP contribution is 2.51. The lowest BCUT2D eigenvalue weighted by atomic mass is 9.87. The Hall–Kier alpha value is -5.14. The first kappa shape index (κ1) is 20.9. The molecule has 0 N–H and O–H groups in total. The molecule has 9 rings (SSSR count). The second kappa shape index (κ2) is 7.69. The zero-order valence-electron chi connectivity index (χ0n) is 21.1. The molecule has 8 aromatic rings. The second-order valence-electron chi connectivity index (χ2n) is 10.5. The predicted octanol–water partition coefficient (Wildman–Crippen LogP) is 10.9. The summed E-state index contributed by atoms with van der Waals surface area (Å²) in [5.74, 6) is 1.87. The average Bonchev–Trinajstić information content (AvgIpc) is 3.00. The molecule has 1 aliphatic rings. The van der Waals surface area contributed by atoms with Gasteiger partial charge in [0.1, 0.15) is 11.5 Å². The molecule has 1 aliphatic heterocycles. The number of rotatable bonds is 1. The maximum atomic E-state index is 6.65. The molecule has 39 heavy (non-hydrogen) atoms. The van der Waals surface area contributed by atoms with Crippen LogP contribution in [0.3, 0.4) is 0 Å². The van der Waals surface area contributed by atoms with Crippen molar-refractivity contribution in [2.24, 2.45) is 0 Å². The van der Waals surface area contributed by atoms with E-state index >= 15 is 0 Å². The molecule has 1 heterocycles. The summed E-state index contributed by atoms with van der Waals surface area (Å²) >= 11 is 0. The van der Waals surface area contributed by atoms with Crippen molar-refractivity contribution < 1.29 is 4.74 Å². The number of fused-ring (bicyclic) bond motifs is 8. The van der Waals surface area contributed by atoms with E-state index in [0.29, 0.717) is 0 Å². The van der Waals surface area contributed by atoms with E-state index in [1.807, 2.05) is 0 Å². The lowest BCUT2D eigenvalue weighted by Gasteiger charge is -2.24. The van der Waals surface area contributed by atoms with E-state index in [-0.39, 0.29) is 0 Å². The molecule has 0 aliphatic carbocycles. The second-order valence-corrected chi connectivity index (χ2v) is 10.5. The van der Waals surface area contributed by atoms with Crippen LogP contribution in [0.4, 0.5) is 0 Å². The van der Waals surface area contributed by atoms with Gasteiger partial charge in [-0.2, -0.15) is 0 Å². The molecule has 1 nitrogen and oxygen atoms in total. The largest absolute Gasteiger partial charge is 0.455 e. The summed E-state index contributed by atoms with van der Waals surface area (Å²) in [7, 11) is 0. The zero-order chi connectivity index (χ0) is 25.5. The zero-order valence-corrected chi connectivity index (χ0v) is 21.1. The molecule has 0 aromatic heterocycles. The fourth-order valence-corrected chi connectivity index (χ4v) is 6.61. The van der Waals surface area contributed by atoms with Gasteiger partial charge in [0.25, 0.3) is 0 Å². The van der Waals surface area contributed by atoms with Crippen molar-refractivity contribution in [3.63, 3.8) is 0 Å². The van der Waals surface area contributed by atoms with Crippen molar-refractivity contribution in [1.29, 1.82) is 0 Å². The highest BCUT2D eigenvalue weighted by molar-refractivity contribution is 6.17. The summed E-state index contributed by atoms with van der Waals surface area (Å²) in [4.78, 5) is 0. The Bertz CT molecular complexity index is 2310. The van der Waals surface area contributed by atoms with Crippen molar-refractivity contribution in [2.75, 3.05) is 0 Å². The minimum atomic E-state index is 0.921. The highest BCUT2D eigenvalue weighted by Gasteiger charge is 2.23. The predicted molar refractivity (Wildman–Crippen MR) is 165 cm³/mol. The van der Waals surface area contributed by atoms with Crippen molar-refractivity contribution in [1.82, 2.24) is 0 Å². The lowest BCUT2D eigenvalue weighted by molar-refractivity contribution is 0.493. The van der Waals surface area contributed by atoms with Gasteiger partial charge < -0.3 is 4.74 Å². The van der Waals surface area contributed by atoms with E-state index in [1.165, 1.54) is 65.2 Å². The number of benzene rings is 8. The van der Waals surface area contributed by atoms with E-state index in [2.05, 4.69) is 133 Å². The van der Waals surface area contributed by atoms with E-state index in [0.717, 1.165) is 22.4 Å². The van der Waals surface area contributed by atoms with Gasteiger partial charge in [-0.1, -0.05) is 109 Å². The van der Waals surface area contributed by atoms with E-state index in [4.69, 9.17) is 4.74 Å². The van der Waals surface area contributed by atoms with Crippen LogP contribution in [0.25, 0.3) is 76.1 Å². The van der Waals surface area contributed by atoms with Gasteiger partial charge in [-0.3, -0.25) is 0 Å². The smallest absolute Gasteiger partial charge is 0.143 e. The van der Waals surface area contributed by atoms with Crippen molar-refractivity contribution in [2.45, 2.75) is 0 Å². The Balaban J connectivity index is 1.34. The molecule has 0 atom stereocenters. The van der Waals surface area contributed by atoms with Gasteiger partial charge >= 0.3 is 0 Å². The minimum absolute atomic E-state index is 0.921. The van der Waals surface area contributed by atoms with Crippen LogP contribution in [0.1, 0.15) is 0 Å². The van der Waals surface area contributed by atoms with Crippen molar-refractivity contribution in [3.05, 3.63) is 133 Å². The molecule has 0 saturated carbocycles. The number of hydrogen-bond acceptors (Lipinski definition) is 1. The normalized spacial score (nSPS) is 12.3. The fourth-order valence-electron chi connectivity index (χ4n) is 6.61. The molecular formula is C38H22O. The molecule has 0 spiro atoms. The van der Waals surface area contributed by atoms with Crippen LogP contribution in [-0.2, 0) is 0 Å². The van der Waals surface area contributed by atoms with Crippen LogP contribution in [-0.4, -0.2) is 0 Å². The third-order valence-electron chi connectivity index (χ3n) is 8.42. The minimum Gasteiger partial charge on any atom is -0.455 e. The monoisotopic (exact) mass is 494 g/mol. The topological polar surface area (TPSA) is 9.23 Å². The van der Waals surface area contributed by atoms with Gasteiger partial charge in [0, 0.05) is 16.3 Å². The van der Waals surface area contributed by atoms with Gasteiger partial charge in [0.2, 0.25) is 0 Å². The Morgan fingerprint density at radius 3 is 1.87 bits per heavy atom. The Kier molecular flexibility index (Phi) is 4.11. The van der Waals surface area contributed by atoms with Gasteiger partial charge in [0.05, 0.1) is 0 Å². The maximum Gasteiger partial charge on any atom is 0.143 e. The summed E-state index contributed by atoms with van der Waals surface area (Å²) in [6.07, 6.45) is 0. The van der Waals surface area contributed by atoms with E-state index < -0.39 is 0 Å². The van der Waals surface area contributed by atoms with Crippen LogP contribution in [0.2, 0.25) is 0 Å². The Labute approximate surface area is 225 Å². The summed E-state index contributed by atoms with van der Waals surface area (Å²) < 4.78 is 6.65. The first-order valence-corrected chi connectivity index (χ1v) is 13.4. The Morgan fingerprint density at radius 2 is 0.949 bits per heavy atom. The van der Waals surface area contributed by atoms with E-state index in [1.54, 1.807) is 0 Å². The molecule has 0 bridgehead atoms. The number of ether oxygens (including phenoxy) is 1. The van der Waals surface area contributed by atoms with Gasteiger partial charge in [-0.25, -0.2) is 0 Å². The Morgan fingerprint density at radius 1 is 0.333 bits per heavy atom. The maximum absolute atomic E-state index is 6.65. The average molecular weight is 495 g/mol. The molecule has 1 heteroatoms. The molecule has 0 radical (unpaired) electrons. The van der Waals surface area contributed by atoms with Crippen LogP contribution in [0, 0.1) is 0 Å². The van der Waals surface area contributed by atoms with Crippen LogP contribution in [0.15, 0.2) is 133 Å². The first-order chi connectivity index (χ1) is 19.3. The summed E-state index contributed by atoms with van der Waals surface area (Å²) in [5.41, 5.74) is 4.86. The van der Waals surface area contributed by atoms with Crippen molar-refractivity contribution in [3.8, 4) is 33.8 Å². The van der Waals surface area contributed by atoms with Gasteiger partial charge in [-0.05, 0) is 84.0 Å². The van der Waals surface area contributed by atoms with Gasteiger partial charge in [0.15, 0.2) is 0 Å².